The first kappa shape index (κ1) is 19.8. The second-order valence-corrected chi connectivity index (χ2v) is 7.40. The molecule has 26 heavy (non-hydrogen) atoms. The molecule has 1 fully saturated rings. The smallest absolute Gasteiger partial charge is 0.407 e. The van der Waals surface area contributed by atoms with Gasteiger partial charge in [-0.25, -0.2) is 4.79 Å². The summed E-state index contributed by atoms with van der Waals surface area (Å²) in [6.45, 7) is 5.91. The molecule has 1 saturated carbocycles. The predicted octanol–water partition coefficient (Wildman–Crippen LogP) is 2.11. The molecule has 1 aliphatic carbocycles. The summed E-state index contributed by atoms with van der Waals surface area (Å²) < 4.78 is 5.09. The lowest BCUT2D eigenvalue weighted by molar-refractivity contribution is -0.121. The zero-order chi connectivity index (χ0) is 19.2. The average Bonchev–Trinajstić information content (AvgIpc) is 3.35. The third-order valence-electron chi connectivity index (χ3n) is 3.64. The molecule has 3 N–H and O–H groups in total. The van der Waals surface area contributed by atoms with E-state index in [1.54, 1.807) is 32.9 Å². The fourth-order valence-corrected chi connectivity index (χ4v) is 2.15. The molecule has 0 aromatic heterocycles. The van der Waals surface area contributed by atoms with Gasteiger partial charge in [-0.3, -0.25) is 9.59 Å². The Kier molecular flexibility index (Phi) is 6.60. The Morgan fingerprint density at radius 3 is 2.31 bits per heavy atom. The highest BCUT2D eigenvalue weighted by Crippen LogP contribution is 2.19. The summed E-state index contributed by atoms with van der Waals surface area (Å²) in [5.41, 5.74) is 0.962. The molecule has 1 aromatic carbocycles. The van der Waals surface area contributed by atoms with Crippen molar-refractivity contribution in [1.82, 2.24) is 16.0 Å². The van der Waals surface area contributed by atoms with Crippen LogP contribution in [0.1, 0.15) is 56.0 Å². The van der Waals surface area contributed by atoms with Gasteiger partial charge < -0.3 is 20.7 Å². The Labute approximate surface area is 153 Å². The van der Waals surface area contributed by atoms with Crippen LogP contribution in [0.15, 0.2) is 24.3 Å². The van der Waals surface area contributed by atoms with Crippen molar-refractivity contribution in [2.24, 2.45) is 0 Å². The van der Waals surface area contributed by atoms with Crippen molar-refractivity contribution in [3.8, 4) is 0 Å². The Morgan fingerprint density at radius 2 is 1.73 bits per heavy atom. The minimum Gasteiger partial charge on any atom is -0.444 e. The first-order valence-electron chi connectivity index (χ1n) is 8.86. The van der Waals surface area contributed by atoms with Crippen molar-refractivity contribution in [2.75, 3.05) is 6.54 Å². The van der Waals surface area contributed by atoms with E-state index in [9.17, 15) is 14.4 Å². The molecule has 0 heterocycles. The summed E-state index contributed by atoms with van der Waals surface area (Å²) >= 11 is 0. The number of hydrogen-bond acceptors (Lipinski definition) is 4. The summed E-state index contributed by atoms with van der Waals surface area (Å²) in [6, 6.07) is 7.48. The number of benzene rings is 1. The van der Waals surface area contributed by atoms with Crippen molar-refractivity contribution in [1.29, 1.82) is 0 Å². The summed E-state index contributed by atoms with van der Waals surface area (Å²) in [5.74, 6) is -0.229. The quantitative estimate of drug-likeness (QED) is 0.693. The van der Waals surface area contributed by atoms with Crippen LogP contribution in [-0.2, 0) is 16.1 Å². The van der Waals surface area contributed by atoms with Crippen molar-refractivity contribution in [3.63, 3.8) is 0 Å². The SMILES string of the molecule is CC(C)(C)OC(=O)NCCC(=O)NCc1ccc(C(=O)NC2CC2)cc1. The van der Waals surface area contributed by atoms with E-state index >= 15 is 0 Å². The Bertz CT molecular complexity index is 646. The molecule has 1 aliphatic rings. The van der Waals surface area contributed by atoms with Crippen molar-refractivity contribution >= 4 is 17.9 Å². The highest BCUT2D eigenvalue weighted by Gasteiger charge is 2.23. The summed E-state index contributed by atoms with van der Waals surface area (Å²) in [5, 5.41) is 8.26. The summed E-state index contributed by atoms with van der Waals surface area (Å²) in [6.07, 6.45) is 1.74. The fourth-order valence-electron chi connectivity index (χ4n) is 2.15. The molecule has 142 valence electrons. The van der Waals surface area contributed by atoms with Crippen LogP contribution in [0, 0.1) is 0 Å². The maximum absolute atomic E-state index is 11.9. The van der Waals surface area contributed by atoms with Crippen LogP contribution in [-0.4, -0.2) is 36.1 Å². The number of hydrogen-bond donors (Lipinski definition) is 3. The maximum atomic E-state index is 11.9. The van der Waals surface area contributed by atoms with Gasteiger partial charge in [0.05, 0.1) is 0 Å². The third-order valence-corrected chi connectivity index (χ3v) is 3.64. The first-order valence-corrected chi connectivity index (χ1v) is 8.86. The van der Waals surface area contributed by atoms with Crippen LogP contribution < -0.4 is 16.0 Å². The first-order chi connectivity index (χ1) is 12.2. The molecule has 1 aromatic rings. The lowest BCUT2D eigenvalue weighted by Gasteiger charge is -2.19. The molecule has 0 radical (unpaired) electrons. The Hall–Kier alpha value is -2.57. The van der Waals surface area contributed by atoms with Gasteiger partial charge in [0, 0.05) is 31.1 Å². The van der Waals surface area contributed by atoms with Gasteiger partial charge in [-0.2, -0.15) is 0 Å². The molecule has 2 rings (SSSR count). The average molecular weight is 361 g/mol. The number of alkyl carbamates (subject to hydrolysis) is 1. The van der Waals surface area contributed by atoms with E-state index < -0.39 is 11.7 Å². The highest BCUT2D eigenvalue weighted by molar-refractivity contribution is 5.94. The molecular weight excluding hydrogens is 334 g/mol. The van der Waals surface area contributed by atoms with Crippen LogP contribution in [0.2, 0.25) is 0 Å². The number of nitrogens with one attached hydrogen (secondary N) is 3. The van der Waals surface area contributed by atoms with E-state index in [4.69, 9.17) is 4.74 Å². The van der Waals surface area contributed by atoms with Crippen LogP contribution in [0.25, 0.3) is 0 Å². The zero-order valence-electron chi connectivity index (χ0n) is 15.6. The lowest BCUT2D eigenvalue weighted by Crippen LogP contribution is -2.35. The second-order valence-electron chi connectivity index (χ2n) is 7.40. The van der Waals surface area contributed by atoms with E-state index in [1.165, 1.54) is 0 Å². The molecule has 0 unspecified atom stereocenters. The van der Waals surface area contributed by atoms with Gasteiger partial charge in [0.25, 0.3) is 5.91 Å². The second kappa shape index (κ2) is 8.69. The molecule has 0 saturated heterocycles. The van der Waals surface area contributed by atoms with Crippen LogP contribution in [0.3, 0.4) is 0 Å². The number of carbonyl (C=O) groups is 3. The van der Waals surface area contributed by atoms with Gasteiger partial charge in [-0.15, -0.1) is 0 Å². The van der Waals surface area contributed by atoms with E-state index in [0.717, 1.165) is 18.4 Å². The van der Waals surface area contributed by atoms with Crippen molar-refractivity contribution < 1.29 is 19.1 Å². The maximum Gasteiger partial charge on any atom is 0.407 e. The van der Waals surface area contributed by atoms with Gasteiger partial charge >= 0.3 is 6.09 Å². The number of rotatable bonds is 7. The fraction of sp³-hybridized carbons (Fsp3) is 0.526. The molecule has 3 amide bonds. The van der Waals surface area contributed by atoms with Crippen LogP contribution in [0.5, 0.6) is 0 Å². The highest BCUT2D eigenvalue weighted by atomic mass is 16.6. The zero-order valence-corrected chi connectivity index (χ0v) is 15.6. The van der Waals surface area contributed by atoms with E-state index in [2.05, 4.69) is 16.0 Å². The van der Waals surface area contributed by atoms with Crippen molar-refractivity contribution in [3.05, 3.63) is 35.4 Å². The summed E-state index contributed by atoms with van der Waals surface area (Å²) in [7, 11) is 0. The molecule has 0 spiro atoms. The normalized spacial score (nSPS) is 13.7. The summed E-state index contributed by atoms with van der Waals surface area (Å²) in [4.78, 5) is 35.2. The van der Waals surface area contributed by atoms with Gasteiger partial charge in [-0.1, -0.05) is 12.1 Å². The van der Waals surface area contributed by atoms with E-state index in [1.807, 2.05) is 12.1 Å². The molecule has 0 aliphatic heterocycles. The topological polar surface area (TPSA) is 96.5 Å². The van der Waals surface area contributed by atoms with Crippen molar-refractivity contribution in [2.45, 2.75) is 58.2 Å². The molecule has 7 nitrogen and oxygen atoms in total. The molecule has 0 bridgehead atoms. The third kappa shape index (κ3) is 7.55. The molecule has 7 heteroatoms. The largest absolute Gasteiger partial charge is 0.444 e. The number of amides is 3. The van der Waals surface area contributed by atoms with Gasteiger partial charge in [0.1, 0.15) is 5.60 Å². The van der Waals surface area contributed by atoms with Gasteiger partial charge in [-0.05, 0) is 51.3 Å². The van der Waals surface area contributed by atoms with E-state index in [-0.39, 0.29) is 24.8 Å². The lowest BCUT2D eigenvalue weighted by atomic mass is 10.1. The van der Waals surface area contributed by atoms with Crippen LogP contribution >= 0.6 is 0 Å². The number of carbonyl (C=O) groups excluding carboxylic acids is 3. The monoisotopic (exact) mass is 361 g/mol. The minimum atomic E-state index is -0.561. The van der Waals surface area contributed by atoms with E-state index in [0.29, 0.717) is 18.2 Å². The van der Waals surface area contributed by atoms with Gasteiger partial charge in [0.15, 0.2) is 0 Å². The molecular formula is C19H27N3O4. The number of ether oxygens (including phenoxy) is 1. The Morgan fingerprint density at radius 1 is 1.08 bits per heavy atom. The Balaban J connectivity index is 1.65. The van der Waals surface area contributed by atoms with Gasteiger partial charge in [0.2, 0.25) is 5.91 Å². The minimum absolute atomic E-state index is 0.0590. The molecule has 0 atom stereocenters. The van der Waals surface area contributed by atoms with Crippen LogP contribution in [0.4, 0.5) is 4.79 Å². The predicted molar refractivity (Wildman–Crippen MR) is 97.6 cm³/mol. The standard InChI is InChI=1S/C19H27N3O4/c1-19(2,3)26-18(25)20-11-10-16(23)21-12-13-4-6-14(7-5-13)17(24)22-15-8-9-15/h4-7,15H,8-12H2,1-3H3,(H,20,25)(H,21,23)(H,22,24).